The van der Waals surface area contributed by atoms with Crippen molar-refractivity contribution in [1.82, 2.24) is 18.7 Å². The number of benzene rings is 2. The quantitative estimate of drug-likeness (QED) is 0.560. The van der Waals surface area contributed by atoms with E-state index in [0.29, 0.717) is 17.0 Å². The van der Waals surface area contributed by atoms with Gasteiger partial charge in [-0.1, -0.05) is 42.5 Å². The van der Waals surface area contributed by atoms with Crippen LogP contribution in [-0.4, -0.2) is 18.7 Å². The fourth-order valence-electron chi connectivity index (χ4n) is 3.19. The average molecular weight is 346 g/mol. The van der Waals surface area contributed by atoms with E-state index in [1.807, 2.05) is 66.1 Å². The summed E-state index contributed by atoms with van der Waals surface area (Å²) in [6.07, 6.45) is 0. The van der Waals surface area contributed by atoms with Gasteiger partial charge >= 0.3 is 5.69 Å². The average Bonchev–Trinajstić information content (AvgIpc) is 3.06. The Balaban J connectivity index is 2.23. The molecule has 0 atom stereocenters. The van der Waals surface area contributed by atoms with Crippen LogP contribution in [0.2, 0.25) is 0 Å². The van der Waals surface area contributed by atoms with E-state index in [1.54, 1.807) is 7.05 Å². The van der Waals surface area contributed by atoms with Gasteiger partial charge in [-0.15, -0.1) is 0 Å². The molecule has 2 aromatic heterocycles. The smallest absolute Gasteiger partial charge is 0.286 e. The lowest BCUT2D eigenvalue weighted by Crippen LogP contribution is -2.37. The molecule has 0 spiro atoms. The van der Waals surface area contributed by atoms with Gasteiger partial charge in [-0.05, 0) is 24.6 Å². The maximum atomic E-state index is 12.9. The van der Waals surface area contributed by atoms with Gasteiger partial charge in [0.1, 0.15) is 5.82 Å². The summed E-state index contributed by atoms with van der Waals surface area (Å²) in [6, 6.07) is 17.5. The lowest BCUT2D eigenvalue weighted by atomic mass is 10.2. The van der Waals surface area contributed by atoms with Crippen molar-refractivity contribution in [3.8, 4) is 17.1 Å². The molecule has 0 N–H and O–H groups in total. The number of hydrogen-bond donors (Lipinski definition) is 0. The first kappa shape index (κ1) is 16.1. The van der Waals surface area contributed by atoms with Crippen LogP contribution in [0, 0.1) is 6.92 Å². The van der Waals surface area contributed by atoms with Crippen LogP contribution in [0.25, 0.3) is 28.2 Å². The molecule has 0 fully saturated rings. The van der Waals surface area contributed by atoms with E-state index in [-0.39, 0.29) is 5.56 Å². The molecule has 4 rings (SSSR count). The first-order valence-corrected chi connectivity index (χ1v) is 8.30. The molecule has 2 aromatic carbocycles. The third-order valence-corrected chi connectivity index (χ3v) is 4.55. The maximum Gasteiger partial charge on any atom is 0.332 e. The predicted molar refractivity (Wildman–Crippen MR) is 102 cm³/mol. The molecule has 6 nitrogen and oxygen atoms in total. The number of fused-ring (bicyclic) bond motifs is 1. The van der Waals surface area contributed by atoms with Gasteiger partial charge < -0.3 is 0 Å². The lowest BCUT2D eigenvalue weighted by molar-refractivity contribution is 0.707. The zero-order valence-corrected chi connectivity index (χ0v) is 14.8. The van der Waals surface area contributed by atoms with Gasteiger partial charge in [0.2, 0.25) is 0 Å². The second-order valence-corrected chi connectivity index (χ2v) is 6.35. The summed E-state index contributed by atoms with van der Waals surface area (Å²) in [6.45, 7) is 2.00. The van der Waals surface area contributed by atoms with Crippen molar-refractivity contribution in [1.29, 1.82) is 0 Å². The first-order chi connectivity index (χ1) is 12.5. The van der Waals surface area contributed by atoms with Crippen LogP contribution >= 0.6 is 0 Å². The lowest BCUT2D eigenvalue weighted by Gasteiger charge is -2.10. The summed E-state index contributed by atoms with van der Waals surface area (Å²) in [5, 5.41) is 0. The summed E-state index contributed by atoms with van der Waals surface area (Å²) in [5.74, 6) is 0.629. The van der Waals surface area contributed by atoms with Gasteiger partial charge in [-0.2, -0.15) is 0 Å². The molecule has 0 aliphatic heterocycles. The predicted octanol–water partition coefficient (Wildman–Crippen LogP) is 2.40. The molecule has 0 aliphatic carbocycles. The van der Waals surface area contributed by atoms with Crippen molar-refractivity contribution < 1.29 is 0 Å². The minimum absolute atomic E-state index is 0.362. The normalized spacial score (nSPS) is 11.2. The maximum absolute atomic E-state index is 12.9. The van der Waals surface area contributed by atoms with E-state index in [1.165, 1.54) is 11.6 Å². The summed E-state index contributed by atoms with van der Waals surface area (Å²) in [5.41, 5.74) is 2.79. The van der Waals surface area contributed by atoms with Gasteiger partial charge in [0.15, 0.2) is 11.2 Å². The number of aryl methyl sites for hydroxylation is 2. The Morgan fingerprint density at radius 1 is 0.885 bits per heavy atom. The third-order valence-electron chi connectivity index (χ3n) is 4.55. The molecule has 130 valence electrons. The van der Waals surface area contributed by atoms with E-state index in [9.17, 15) is 9.59 Å². The number of nitrogens with zero attached hydrogens (tertiary/aromatic N) is 4. The molecule has 0 saturated carbocycles. The number of rotatable bonds is 2. The van der Waals surface area contributed by atoms with Crippen molar-refractivity contribution in [2.45, 2.75) is 6.92 Å². The molecule has 4 aromatic rings. The van der Waals surface area contributed by atoms with Gasteiger partial charge in [-0.25, -0.2) is 9.78 Å². The van der Waals surface area contributed by atoms with E-state index >= 15 is 0 Å². The number of hydrogen-bond acceptors (Lipinski definition) is 3. The molecule has 2 heterocycles. The van der Waals surface area contributed by atoms with Crippen molar-refractivity contribution in [3.05, 3.63) is 81.0 Å². The molecule has 0 amide bonds. The molecule has 0 saturated heterocycles. The van der Waals surface area contributed by atoms with E-state index in [0.717, 1.165) is 21.4 Å². The minimum atomic E-state index is -0.393. The standard InChI is InChI=1S/C20H18N4O2/c1-13-8-7-11-15(12-13)24-16-18(22(2)20(26)23(3)19(16)25)21-17(24)14-9-5-4-6-10-14/h4-12H,1-3H3. The minimum Gasteiger partial charge on any atom is -0.286 e. The van der Waals surface area contributed by atoms with Crippen LogP contribution in [-0.2, 0) is 14.1 Å². The Hall–Kier alpha value is -3.41. The Labute approximate surface area is 149 Å². The topological polar surface area (TPSA) is 61.8 Å². The van der Waals surface area contributed by atoms with Crippen molar-refractivity contribution in [3.63, 3.8) is 0 Å². The Kier molecular flexibility index (Phi) is 3.61. The number of imidazole rings is 1. The second kappa shape index (κ2) is 5.84. The monoisotopic (exact) mass is 346 g/mol. The molecular formula is C20H18N4O2. The van der Waals surface area contributed by atoms with Crippen LogP contribution in [0.15, 0.2) is 64.2 Å². The first-order valence-electron chi connectivity index (χ1n) is 8.30. The molecule has 0 aliphatic rings. The molecular weight excluding hydrogens is 328 g/mol. The molecule has 26 heavy (non-hydrogen) atoms. The van der Waals surface area contributed by atoms with Gasteiger partial charge in [-0.3, -0.25) is 18.5 Å². The van der Waals surface area contributed by atoms with Gasteiger partial charge in [0.05, 0.1) is 0 Å². The summed E-state index contributed by atoms with van der Waals surface area (Å²) in [7, 11) is 3.12. The Morgan fingerprint density at radius 2 is 1.62 bits per heavy atom. The van der Waals surface area contributed by atoms with E-state index in [4.69, 9.17) is 0 Å². The van der Waals surface area contributed by atoms with Crippen LogP contribution in [0.4, 0.5) is 0 Å². The van der Waals surface area contributed by atoms with E-state index in [2.05, 4.69) is 4.98 Å². The zero-order valence-electron chi connectivity index (χ0n) is 14.8. The van der Waals surface area contributed by atoms with Gasteiger partial charge in [0, 0.05) is 25.3 Å². The summed E-state index contributed by atoms with van der Waals surface area (Å²) >= 11 is 0. The zero-order chi connectivity index (χ0) is 18.4. The fourth-order valence-corrected chi connectivity index (χ4v) is 3.19. The molecule has 0 bridgehead atoms. The second-order valence-electron chi connectivity index (χ2n) is 6.35. The largest absolute Gasteiger partial charge is 0.332 e. The summed E-state index contributed by atoms with van der Waals surface area (Å²) < 4.78 is 4.36. The molecule has 0 unspecified atom stereocenters. The van der Waals surface area contributed by atoms with E-state index < -0.39 is 5.69 Å². The Morgan fingerprint density at radius 3 is 2.31 bits per heavy atom. The van der Waals surface area contributed by atoms with Gasteiger partial charge in [0.25, 0.3) is 5.56 Å². The van der Waals surface area contributed by atoms with Crippen LogP contribution in [0.1, 0.15) is 5.56 Å². The van der Waals surface area contributed by atoms with Crippen LogP contribution in [0.3, 0.4) is 0 Å². The highest BCUT2D eigenvalue weighted by molar-refractivity contribution is 5.80. The van der Waals surface area contributed by atoms with Crippen LogP contribution < -0.4 is 11.2 Å². The highest BCUT2D eigenvalue weighted by Crippen LogP contribution is 2.26. The number of aromatic nitrogens is 4. The van der Waals surface area contributed by atoms with Crippen molar-refractivity contribution >= 4 is 11.2 Å². The highest BCUT2D eigenvalue weighted by Gasteiger charge is 2.21. The summed E-state index contributed by atoms with van der Waals surface area (Å²) in [4.78, 5) is 29.9. The third kappa shape index (κ3) is 2.30. The van der Waals surface area contributed by atoms with Crippen molar-refractivity contribution in [2.24, 2.45) is 14.1 Å². The SMILES string of the molecule is Cc1cccc(-n2c(-c3ccccc3)nc3c2c(=O)n(C)c(=O)n3C)c1. The fraction of sp³-hybridized carbons (Fsp3) is 0.150. The molecule has 6 heteroatoms. The molecule has 0 radical (unpaired) electrons. The van der Waals surface area contributed by atoms with Crippen LogP contribution in [0.5, 0.6) is 0 Å². The Bertz CT molecular complexity index is 1250. The highest BCUT2D eigenvalue weighted by atomic mass is 16.2. The van der Waals surface area contributed by atoms with Crippen molar-refractivity contribution in [2.75, 3.05) is 0 Å².